The Morgan fingerprint density at radius 2 is 2.44 bits per heavy atom. The summed E-state index contributed by atoms with van der Waals surface area (Å²) < 4.78 is 1.49. The van der Waals surface area contributed by atoms with Crippen molar-refractivity contribution < 1.29 is 4.79 Å². The van der Waals surface area contributed by atoms with Crippen LogP contribution in [-0.4, -0.2) is 15.7 Å². The third-order valence-electron chi connectivity index (χ3n) is 2.78. The summed E-state index contributed by atoms with van der Waals surface area (Å²) in [5.41, 5.74) is 6.54. The molecule has 0 aliphatic rings. The number of aryl methyl sites for hydroxylation is 1. The smallest absolute Gasteiger partial charge is 0.272 e. The second kappa shape index (κ2) is 5.22. The Morgan fingerprint density at radius 3 is 2.94 bits per heavy atom. The van der Waals surface area contributed by atoms with Crippen molar-refractivity contribution in [2.24, 2.45) is 7.05 Å². The Labute approximate surface area is 110 Å². The van der Waals surface area contributed by atoms with Crippen molar-refractivity contribution in [2.75, 3.05) is 5.73 Å². The number of amides is 1. The number of rotatable bonds is 4. The molecule has 1 unspecified atom stereocenters. The van der Waals surface area contributed by atoms with Crippen LogP contribution in [0.1, 0.15) is 34.8 Å². The second-order valence-corrected chi connectivity index (χ2v) is 5.00. The molecule has 2 rings (SSSR count). The van der Waals surface area contributed by atoms with Crippen molar-refractivity contribution in [3.05, 3.63) is 34.3 Å². The molecule has 96 valence electrons. The molecule has 0 saturated heterocycles. The molecule has 2 aromatic heterocycles. The van der Waals surface area contributed by atoms with E-state index in [-0.39, 0.29) is 11.9 Å². The summed E-state index contributed by atoms with van der Waals surface area (Å²) in [5, 5.41) is 8.95. The van der Waals surface area contributed by atoms with E-state index in [1.807, 2.05) is 24.4 Å². The van der Waals surface area contributed by atoms with E-state index in [0.29, 0.717) is 11.4 Å². The van der Waals surface area contributed by atoms with Crippen LogP contribution < -0.4 is 11.1 Å². The summed E-state index contributed by atoms with van der Waals surface area (Å²) in [6.45, 7) is 2.04. The zero-order valence-electron chi connectivity index (χ0n) is 10.4. The van der Waals surface area contributed by atoms with Gasteiger partial charge in [-0.15, -0.1) is 11.3 Å². The first-order valence-electron chi connectivity index (χ1n) is 5.75. The van der Waals surface area contributed by atoms with Crippen molar-refractivity contribution in [1.82, 2.24) is 15.1 Å². The number of anilines is 1. The van der Waals surface area contributed by atoms with Gasteiger partial charge in [0.05, 0.1) is 17.9 Å². The largest absolute Gasteiger partial charge is 0.396 e. The highest BCUT2D eigenvalue weighted by atomic mass is 32.1. The van der Waals surface area contributed by atoms with Gasteiger partial charge in [-0.3, -0.25) is 9.48 Å². The minimum atomic E-state index is -0.187. The quantitative estimate of drug-likeness (QED) is 0.886. The van der Waals surface area contributed by atoms with Crippen LogP contribution in [0.3, 0.4) is 0 Å². The van der Waals surface area contributed by atoms with Crippen LogP contribution in [0.4, 0.5) is 5.69 Å². The average Bonchev–Trinajstić information content (AvgIpc) is 2.96. The number of nitrogens with one attached hydrogen (secondary N) is 1. The lowest BCUT2D eigenvalue weighted by atomic mass is 10.2. The molecular formula is C12H16N4OS. The molecule has 0 aliphatic carbocycles. The number of carbonyl (C=O) groups is 1. The number of nitrogens with zero attached hydrogens (tertiary/aromatic N) is 2. The molecule has 2 aromatic rings. The summed E-state index contributed by atoms with van der Waals surface area (Å²) in [7, 11) is 1.71. The van der Waals surface area contributed by atoms with Gasteiger partial charge < -0.3 is 11.1 Å². The fourth-order valence-electron chi connectivity index (χ4n) is 1.82. The van der Waals surface area contributed by atoms with Crippen LogP contribution in [0.15, 0.2) is 23.7 Å². The minimum absolute atomic E-state index is 0.0202. The number of hydrogen-bond donors (Lipinski definition) is 2. The van der Waals surface area contributed by atoms with Gasteiger partial charge in [0, 0.05) is 11.9 Å². The van der Waals surface area contributed by atoms with Crippen LogP contribution in [0.2, 0.25) is 0 Å². The maximum atomic E-state index is 12.2. The maximum Gasteiger partial charge on any atom is 0.272 e. The van der Waals surface area contributed by atoms with Crippen molar-refractivity contribution in [3.63, 3.8) is 0 Å². The van der Waals surface area contributed by atoms with E-state index in [1.54, 1.807) is 18.4 Å². The Bertz CT molecular complexity index is 513. The van der Waals surface area contributed by atoms with E-state index in [4.69, 9.17) is 5.73 Å². The first kappa shape index (κ1) is 12.6. The van der Waals surface area contributed by atoms with Gasteiger partial charge >= 0.3 is 0 Å². The van der Waals surface area contributed by atoms with Gasteiger partial charge in [0.15, 0.2) is 0 Å². The summed E-state index contributed by atoms with van der Waals surface area (Å²) in [6, 6.07) is 4.02. The Hall–Kier alpha value is -1.82. The van der Waals surface area contributed by atoms with Gasteiger partial charge in [0.25, 0.3) is 5.91 Å². The van der Waals surface area contributed by atoms with Crippen LogP contribution in [0, 0.1) is 0 Å². The van der Waals surface area contributed by atoms with E-state index in [2.05, 4.69) is 10.4 Å². The first-order chi connectivity index (χ1) is 8.63. The Kier molecular flexibility index (Phi) is 3.66. The highest BCUT2D eigenvalue weighted by Crippen LogP contribution is 2.22. The van der Waals surface area contributed by atoms with Gasteiger partial charge in [-0.1, -0.05) is 13.0 Å². The van der Waals surface area contributed by atoms with Crippen molar-refractivity contribution in [2.45, 2.75) is 19.4 Å². The lowest BCUT2D eigenvalue weighted by Gasteiger charge is -2.15. The van der Waals surface area contributed by atoms with Crippen molar-refractivity contribution in [1.29, 1.82) is 0 Å². The molecule has 18 heavy (non-hydrogen) atoms. The van der Waals surface area contributed by atoms with Gasteiger partial charge in [-0.05, 0) is 17.9 Å². The fourth-order valence-corrected chi connectivity index (χ4v) is 2.68. The molecule has 3 N–H and O–H groups in total. The van der Waals surface area contributed by atoms with E-state index < -0.39 is 0 Å². The minimum Gasteiger partial charge on any atom is -0.396 e. The highest BCUT2D eigenvalue weighted by molar-refractivity contribution is 7.10. The lowest BCUT2D eigenvalue weighted by molar-refractivity contribution is 0.0927. The molecule has 5 nitrogen and oxygen atoms in total. The second-order valence-electron chi connectivity index (χ2n) is 4.02. The van der Waals surface area contributed by atoms with Crippen molar-refractivity contribution >= 4 is 22.9 Å². The van der Waals surface area contributed by atoms with Crippen LogP contribution in [-0.2, 0) is 7.05 Å². The number of thiophene rings is 1. The van der Waals surface area contributed by atoms with Crippen LogP contribution in [0.25, 0.3) is 0 Å². The first-order valence-corrected chi connectivity index (χ1v) is 6.63. The normalized spacial score (nSPS) is 12.3. The molecule has 1 atom stereocenters. The molecule has 0 spiro atoms. The predicted molar refractivity (Wildman–Crippen MR) is 72.4 cm³/mol. The van der Waals surface area contributed by atoms with E-state index in [1.165, 1.54) is 10.9 Å². The number of carbonyl (C=O) groups excluding carboxylic acids is 1. The summed E-state index contributed by atoms with van der Waals surface area (Å²) in [4.78, 5) is 13.3. The fraction of sp³-hybridized carbons (Fsp3) is 0.333. The number of hydrogen-bond acceptors (Lipinski definition) is 4. The Balaban J connectivity index is 2.16. The monoisotopic (exact) mass is 264 g/mol. The summed E-state index contributed by atoms with van der Waals surface area (Å²) in [5.74, 6) is -0.187. The van der Waals surface area contributed by atoms with E-state index in [0.717, 1.165) is 11.3 Å². The molecule has 2 heterocycles. The van der Waals surface area contributed by atoms with Crippen LogP contribution in [0.5, 0.6) is 0 Å². The molecule has 6 heteroatoms. The van der Waals surface area contributed by atoms with E-state index >= 15 is 0 Å². The zero-order chi connectivity index (χ0) is 13.1. The maximum absolute atomic E-state index is 12.2. The van der Waals surface area contributed by atoms with Gasteiger partial charge in [-0.25, -0.2) is 0 Å². The standard InChI is InChI=1S/C12H16N4OS/c1-3-9(10-5-4-6-18-10)15-12(17)11-8(13)7-14-16(11)2/h4-7,9H,3,13H2,1-2H3,(H,15,17). The SMILES string of the molecule is CCC(NC(=O)c1c(N)cnn1C)c1cccs1. The number of aromatic nitrogens is 2. The molecule has 1 amide bonds. The highest BCUT2D eigenvalue weighted by Gasteiger charge is 2.19. The number of nitrogen functional groups attached to an aromatic ring is 1. The average molecular weight is 264 g/mol. The molecule has 0 saturated carbocycles. The molecule has 0 aromatic carbocycles. The van der Waals surface area contributed by atoms with Gasteiger partial charge in [0.2, 0.25) is 0 Å². The van der Waals surface area contributed by atoms with Gasteiger partial charge in [0.1, 0.15) is 5.69 Å². The zero-order valence-corrected chi connectivity index (χ0v) is 11.2. The Morgan fingerprint density at radius 1 is 1.67 bits per heavy atom. The van der Waals surface area contributed by atoms with Crippen molar-refractivity contribution in [3.8, 4) is 0 Å². The third kappa shape index (κ3) is 2.38. The molecule has 0 radical (unpaired) electrons. The predicted octanol–water partition coefficient (Wildman–Crippen LogP) is 1.94. The lowest BCUT2D eigenvalue weighted by Crippen LogP contribution is -2.29. The summed E-state index contributed by atoms with van der Waals surface area (Å²) >= 11 is 1.63. The molecular weight excluding hydrogens is 248 g/mol. The summed E-state index contributed by atoms with van der Waals surface area (Å²) in [6.07, 6.45) is 2.32. The molecule has 0 fully saturated rings. The number of nitrogens with two attached hydrogens (primary N) is 1. The third-order valence-corrected chi connectivity index (χ3v) is 3.77. The van der Waals surface area contributed by atoms with E-state index in [9.17, 15) is 4.79 Å². The molecule has 0 aliphatic heterocycles. The van der Waals surface area contributed by atoms with Crippen LogP contribution >= 0.6 is 11.3 Å². The topological polar surface area (TPSA) is 72.9 Å². The molecule has 0 bridgehead atoms. The van der Waals surface area contributed by atoms with Gasteiger partial charge in [-0.2, -0.15) is 5.10 Å².